The molecular weight excluding hydrogens is 250 g/mol. The second kappa shape index (κ2) is 5.46. The number of nitrogens with zero attached hydrogens (tertiary/aromatic N) is 2. The molecule has 0 atom stereocenters. The maximum Gasteiger partial charge on any atom is 0.320 e. The molecule has 2 aliphatic rings. The molecule has 0 aromatic rings. The molecule has 0 unspecified atom stereocenters. The Kier molecular flexibility index (Phi) is 3.92. The topological polar surface area (TPSA) is 90.0 Å². The smallest absolute Gasteiger partial charge is 0.320 e. The number of aliphatic carboxylic acids is 1. The van der Waals surface area contributed by atoms with Crippen LogP contribution in [-0.2, 0) is 9.59 Å². The molecule has 0 aromatic heterocycles. The molecule has 19 heavy (non-hydrogen) atoms. The molecule has 0 radical (unpaired) electrons. The van der Waals surface area contributed by atoms with Gasteiger partial charge in [0.05, 0.1) is 6.42 Å². The van der Waals surface area contributed by atoms with E-state index in [1.54, 1.807) is 11.9 Å². The van der Waals surface area contributed by atoms with E-state index < -0.39 is 5.97 Å². The standard InChI is InChI=1S/C12H19N3O4/c1-14(7-10(16)13-9-2-3-9)12(19)15-5-8(6-15)4-11(17)18/h8-9H,2-7H2,1H3,(H,13,16)(H,17,18). The lowest BCUT2D eigenvalue weighted by Crippen LogP contribution is -2.55. The van der Waals surface area contributed by atoms with E-state index in [-0.39, 0.29) is 30.8 Å². The molecule has 106 valence electrons. The lowest BCUT2D eigenvalue weighted by Gasteiger charge is -2.40. The van der Waals surface area contributed by atoms with Crippen LogP contribution in [-0.4, -0.2) is 65.5 Å². The van der Waals surface area contributed by atoms with Crippen molar-refractivity contribution in [2.45, 2.75) is 25.3 Å². The van der Waals surface area contributed by atoms with E-state index in [1.165, 1.54) is 4.90 Å². The van der Waals surface area contributed by atoms with Crippen LogP contribution in [0.5, 0.6) is 0 Å². The SMILES string of the molecule is CN(CC(=O)NC1CC1)C(=O)N1CC(CC(=O)O)C1. The van der Waals surface area contributed by atoms with Crippen LogP contribution >= 0.6 is 0 Å². The number of hydrogen-bond donors (Lipinski definition) is 2. The molecule has 1 heterocycles. The van der Waals surface area contributed by atoms with E-state index in [4.69, 9.17) is 5.11 Å². The lowest BCUT2D eigenvalue weighted by molar-refractivity contribution is -0.139. The first-order valence-corrected chi connectivity index (χ1v) is 6.47. The minimum atomic E-state index is -0.839. The van der Waals surface area contributed by atoms with Crippen molar-refractivity contribution in [1.82, 2.24) is 15.1 Å². The van der Waals surface area contributed by atoms with Gasteiger partial charge in [-0.15, -0.1) is 0 Å². The van der Waals surface area contributed by atoms with Gasteiger partial charge in [0.2, 0.25) is 5.91 Å². The molecule has 3 amide bonds. The van der Waals surface area contributed by atoms with Gasteiger partial charge >= 0.3 is 12.0 Å². The van der Waals surface area contributed by atoms with E-state index in [0.717, 1.165) is 12.8 Å². The Morgan fingerprint density at radius 3 is 2.47 bits per heavy atom. The zero-order valence-corrected chi connectivity index (χ0v) is 11.0. The lowest BCUT2D eigenvalue weighted by atomic mass is 9.97. The highest BCUT2D eigenvalue weighted by molar-refractivity contribution is 5.84. The Hall–Kier alpha value is -1.79. The third kappa shape index (κ3) is 3.84. The van der Waals surface area contributed by atoms with Gasteiger partial charge < -0.3 is 20.2 Å². The van der Waals surface area contributed by atoms with Crippen LogP contribution < -0.4 is 5.32 Å². The van der Waals surface area contributed by atoms with Crippen LogP contribution in [0.15, 0.2) is 0 Å². The molecule has 0 bridgehead atoms. The fourth-order valence-corrected chi connectivity index (χ4v) is 2.13. The van der Waals surface area contributed by atoms with Crippen LogP contribution in [0.2, 0.25) is 0 Å². The van der Waals surface area contributed by atoms with Gasteiger partial charge in [0.25, 0.3) is 0 Å². The van der Waals surface area contributed by atoms with Gasteiger partial charge in [0.1, 0.15) is 6.54 Å². The maximum atomic E-state index is 11.9. The summed E-state index contributed by atoms with van der Waals surface area (Å²) in [7, 11) is 1.58. The largest absolute Gasteiger partial charge is 0.481 e. The number of carbonyl (C=O) groups excluding carboxylic acids is 2. The summed E-state index contributed by atoms with van der Waals surface area (Å²) in [6.45, 7) is 0.967. The van der Waals surface area contributed by atoms with Gasteiger partial charge in [0, 0.05) is 32.1 Å². The van der Waals surface area contributed by atoms with Gasteiger partial charge in [-0.3, -0.25) is 9.59 Å². The molecule has 1 aliphatic carbocycles. The molecular formula is C12H19N3O4. The number of hydrogen-bond acceptors (Lipinski definition) is 3. The van der Waals surface area contributed by atoms with Crippen LogP contribution in [0.25, 0.3) is 0 Å². The van der Waals surface area contributed by atoms with Crippen molar-refractivity contribution in [3.8, 4) is 0 Å². The van der Waals surface area contributed by atoms with Gasteiger partial charge in [-0.1, -0.05) is 0 Å². The van der Waals surface area contributed by atoms with E-state index in [9.17, 15) is 14.4 Å². The van der Waals surface area contributed by atoms with Crippen molar-refractivity contribution in [3.63, 3.8) is 0 Å². The number of likely N-dealkylation sites (tertiary alicyclic amines) is 1. The Morgan fingerprint density at radius 1 is 1.32 bits per heavy atom. The highest BCUT2D eigenvalue weighted by atomic mass is 16.4. The highest BCUT2D eigenvalue weighted by Crippen LogP contribution is 2.20. The summed E-state index contributed by atoms with van der Waals surface area (Å²) < 4.78 is 0. The second-order valence-electron chi connectivity index (χ2n) is 5.35. The first-order chi connectivity index (χ1) is 8.95. The maximum absolute atomic E-state index is 11.9. The Morgan fingerprint density at radius 2 is 1.95 bits per heavy atom. The van der Waals surface area contributed by atoms with E-state index >= 15 is 0 Å². The van der Waals surface area contributed by atoms with E-state index in [0.29, 0.717) is 19.1 Å². The van der Waals surface area contributed by atoms with Crippen molar-refractivity contribution in [2.24, 2.45) is 5.92 Å². The molecule has 0 aromatic carbocycles. The molecule has 7 nitrogen and oxygen atoms in total. The number of urea groups is 1. The van der Waals surface area contributed by atoms with Crippen molar-refractivity contribution >= 4 is 17.9 Å². The summed E-state index contributed by atoms with van der Waals surface area (Å²) >= 11 is 0. The Bertz CT molecular complexity index is 388. The summed E-state index contributed by atoms with van der Waals surface area (Å²) in [4.78, 5) is 36.9. The molecule has 7 heteroatoms. The average Bonchev–Trinajstić information content (AvgIpc) is 3.05. The number of nitrogens with one attached hydrogen (secondary N) is 1. The summed E-state index contributed by atoms with van der Waals surface area (Å²) in [6, 6.07) is 0.0764. The molecule has 2 rings (SSSR count). The fraction of sp³-hybridized carbons (Fsp3) is 0.750. The zero-order chi connectivity index (χ0) is 14.0. The second-order valence-corrected chi connectivity index (χ2v) is 5.35. The van der Waals surface area contributed by atoms with E-state index in [2.05, 4.69) is 5.32 Å². The minimum absolute atomic E-state index is 0.0372. The summed E-state index contributed by atoms with van der Waals surface area (Å²) in [5.41, 5.74) is 0. The number of carboxylic acid groups (broad SMARTS) is 1. The van der Waals surface area contributed by atoms with Gasteiger partial charge in [-0.25, -0.2) is 4.79 Å². The molecule has 1 saturated carbocycles. The molecule has 1 aliphatic heterocycles. The molecule has 2 fully saturated rings. The molecule has 2 N–H and O–H groups in total. The number of amides is 3. The van der Waals surface area contributed by atoms with Crippen molar-refractivity contribution < 1.29 is 19.5 Å². The third-order valence-electron chi connectivity index (χ3n) is 3.34. The number of carboxylic acids is 1. The summed E-state index contributed by atoms with van der Waals surface area (Å²) in [6.07, 6.45) is 2.13. The first kappa shape index (κ1) is 13.6. The molecule has 0 spiro atoms. The first-order valence-electron chi connectivity index (χ1n) is 6.47. The van der Waals surface area contributed by atoms with Crippen molar-refractivity contribution in [3.05, 3.63) is 0 Å². The normalized spacial score (nSPS) is 18.7. The predicted octanol–water partition coefficient (Wildman–Crippen LogP) is -0.277. The van der Waals surface area contributed by atoms with E-state index in [1.807, 2.05) is 0 Å². The zero-order valence-electron chi connectivity index (χ0n) is 11.0. The molecule has 1 saturated heterocycles. The summed E-state index contributed by atoms with van der Waals surface area (Å²) in [5, 5.41) is 11.4. The van der Waals surface area contributed by atoms with Crippen molar-refractivity contribution in [1.29, 1.82) is 0 Å². The highest BCUT2D eigenvalue weighted by Gasteiger charge is 2.34. The number of likely N-dealkylation sites (N-methyl/N-ethyl adjacent to an activating group) is 1. The Balaban J connectivity index is 1.68. The monoisotopic (exact) mass is 269 g/mol. The number of rotatable bonds is 5. The van der Waals surface area contributed by atoms with Crippen LogP contribution in [0.3, 0.4) is 0 Å². The van der Waals surface area contributed by atoms with Gasteiger partial charge in [0.15, 0.2) is 0 Å². The predicted molar refractivity (Wildman–Crippen MR) is 66.5 cm³/mol. The van der Waals surface area contributed by atoms with Crippen LogP contribution in [0.4, 0.5) is 4.79 Å². The third-order valence-corrected chi connectivity index (χ3v) is 3.34. The van der Waals surface area contributed by atoms with Crippen LogP contribution in [0, 0.1) is 5.92 Å². The van der Waals surface area contributed by atoms with Crippen LogP contribution in [0.1, 0.15) is 19.3 Å². The summed E-state index contributed by atoms with van der Waals surface area (Å²) in [5.74, 6) is -0.939. The van der Waals surface area contributed by atoms with Crippen molar-refractivity contribution in [2.75, 3.05) is 26.7 Å². The fourth-order valence-electron chi connectivity index (χ4n) is 2.13. The Labute approximate surface area is 111 Å². The average molecular weight is 269 g/mol. The van der Waals surface area contributed by atoms with Gasteiger partial charge in [-0.2, -0.15) is 0 Å². The quantitative estimate of drug-likeness (QED) is 0.718. The van der Waals surface area contributed by atoms with Gasteiger partial charge in [-0.05, 0) is 12.8 Å². The number of carbonyl (C=O) groups is 3. The minimum Gasteiger partial charge on any atom is -0.481 e.